The van der Waals surface area contributed by atoms with Gasteiger partial charge in [0.25, 0.3) is 0 Å². The lowest BCUT2D eigenvalue weighted by Crippen LogP contribution is -3.00. The summed E-state index contributed by atoms with van der Waals surface area (Å²) in [6.07, 6.45) is 12.3. The van der Waals surface area contributed by atoms with Gasteiger partial charge in [-0.3, -0.25) is 0 Å². The molecule has 0 aliphatic rings. The number of nitrogens with zero attached hydrogens (tertiary/aromatic N) is 4. The van der Waals surface area contributed by atoms with Crippen molar-refractivity contribution < 1.29 is 77.1 Å². The molecule has 0 unspecified atom stereocenters. The topological polar surface area (TPSA) is 138 Å². The van der Waals surface area contributed by atoms with Crippen LogP contribution in [-0.2, 0) is 47.2 Å². The molecule has 204 valence electrons. The maximum absolute atomic E-state index is 10.8. The fourth-order valence-corrected chi connectivity index (χ4v) is 1.38. The van der Waals surface area contributed by atoms with Gasteiger partial charge in [0.2, 0.25) is 12.7 Å². The van der Waals surface area contributed by atoms with Crippen LogP contribution in [0.3, 0.4) is 0 Å². The summed E-state index contributed by atoms with van der Waals surface area (Å²) in [6.45, 7) is 6.36. The van der Waals surface area contributed by atoms with Gasteiger partial charge in [-0.05, 0) is 13.8 Å². The minimum absolute atomic E-state index is 0. The molecule has 34 heavy (non-hydrogen) atoms. The zero-order valence-electron chi connectivity index (χ0n) is 18.3. The number of imidazole rings is 2. The van der Waals surface area contributed by atoms with Gasteiger partial charge in [0.15, 0.2) is 0 Å². The number of aryl methyl sites for hydroxylation is 4. The molecule has 0 bridgehead atoms. The zero-order valence-corrected chi connectivity index (χ0v) is 21.4. The van der Waals surface area contributed by atoms with Crippen LogP contribution in [0.25, 0.3) is 0 Å². The SMILES string of the molecule is CCn1cc[n+](C)c1.CCn1cc[n+](C)c1.NS(=O)(=O)C(F)(F)F.NS(=O)(=O)C(F)(F)F.[Cl-].[Cl-]. The Morgan fingerprint density at radius 1 is 0.706 bits per heavy atom. The van der Waals surface area contributed by atoms with Gasteiger partial charge in [-0.25, -0.2) is 45.4 Å². The van der Waals surface area contributed by atoms with E-state index in [1.54, 1.807) is 0 Å². The highest BCUT2D eigenvalue weighted by atomic mass is 35.5. The Morgan fingerprint density at radius 3 is 0.971 bits per heavy atom. The zero-order chi connectivity index (χ0) is 26.0. The fraction of sp³-hybridized carbons (Fsp3) is 0.571. The third-order valence-corrected chi connectivity index (χ3v) is 4.31. The Hall–Kier alpha value is -1.60. The first-order chi connectivity index (χ1) is 14.2. The van der Waals surface area contributed by atoms with Gasteiger partial charge in [-0.2, -0.15) is 26.3 Å². The van der Waals surface area contributed by atoms with Crippen LogP contribution in [0.1, 0.15) is 13.8 Å². The van der Waals surface area contributed by atoms with E-state index in [2.05, 4.69) is 58.3 Å². The molecular weight excluding hydrogens is 565 g/mol. The molecule has 0 aliphatic carbocycles. The van der Waals surface area contributed by atoms with Gasteiger partial charge >= 0.3 is 31.1 Å². The van der Waals surface area contributed by atoms with Crippen LogP contribution in [0.4, 0.5) is 26.3 Å². The molecule has 2 heterocycles. The van der Waals surface area contributed by atoms with E-state index in [0.717, 1.165) is 13.1 Å². The van der Waals surface area contributed by atoms with E-state index in [9.17, 15) is 43.2 Å². The summed E-state index contributed by atoms with van der Waals surface area (Å²) in [6, 6.07) is 0. The van der Waals surface area contributed by atoms with E-state index in [0.29, 0.717) is 0 Å². The molecule has 2 aromatic rings. The molecule has 0 aromatic carbocycles. The second kappa shape index (κ2) is 16.1. The van der Waals surface area contributed by atoms with Gasteiger partial charge in [0.05, 0.1) is 27.2 Å². The predicted molar refractivity (Wildman–Crippen MR) is 101 cm³/mol. The number of sulfonamides is 2. The lowest BCUT2D eigenvalue weighted by molar-refractivity contribution is -0.671. The summed E-state index contributed by atoms with van der Waals surface area (Å²) in [5.41, 5.74) is -10.6. The molecule has 0 saturated heterocycles. The fourth-order valence-electron chi connectivity index (χ4n) is 1.38. The number of nitrogens with two attached hydrogens (primary N) is 2. The number of rotatable bonds is 2. The van der Waals surface area contributed by atoms with Crippen molar-refractivity contribution >= 4 is 20.0 Å². The Bertz CT molecular complexity index is 942. The average molecular weight is 591 g/mol. The number of halogens is 8. The van der Waals surface area contributed by atoms with Crippen molar-refractivity contribution in [3.8, 4) is 0 Å². The molecule has 0 atom stereocenters. The van der Waals surface area contributed by atoms with E-state index in [1.165, 1.54) is 0 Å². The monoisotopic (exact) mass is 590 g/mol. The number of hydrogen-bond acceptors (Lipinski definition) is 4. The molecule has 10 nitrogen and oxygen atoms in total. The first kappa shape index (κ1) is 39.6. The second-order valence-corrected chi connectivity index (χ2v) is 8.91. The van der Waals surface area contributed by atoms with E-state index >= 15 is 0 Å². The van der Waals surface area contributed by atoms with Crippen molar-refractivity contribution in [2.75, 3.05) is 0 Å². The summed E-state index contributed by atoms with van der Waals surface area (Å²) in [4.78, 5) is 0. The molecule has 20 heteroatoms. The van der Waals surface area contributed by atoms with E-state index in [1.807, 2.05) is 35.6 Å². The van der Waals surface area contributed by atoms with Crippen molar-refractivity contribution in [3.05, 3.63) is 37.4 Å². The molecule has 0 aliphatic heterocycles. The Labute approximate surface area is 206 Å². The van der Waals surface area contributed by atoms with Crippen molar-refractivity contribution in [3.63, 3.8) is 0 Å². The highest BCUT2D eigenvalue weighted by Crippen LogP contribution is 2.19. The van der Waals surface area contributed by atoms with Gasteiger partial charge in [-0.1, -0.05) is 0 Å². The normalized spacial score (nSPS) is 11.2. The Kier molecular flexibility index (Phi) is 18.8. The van der Waals surface area contributed by atoms with E-state index < -0.39 is 31.1 Å². The van der Waals surface area contributed by atoms with Crippen molar-refractivity contribution in [1.29, 1.82) is 0 Å². The van der Waals surface area contributed by atoms with Crippen LogP contribution in [0.5, 0.6) is 0 Å². The number of aromatic nitrogens is 4. The molecular formula is C14H26Cl2F6N6O4S2. The molecule has 0 saturated carbocycles. The van der Waals surface area contributed by atoms with E-state index in [-0.39, 0.29) is 24.8 Å². The second-order valence-electron chi connectivity index (χ2n) is 5.80. The van der Waals surface area contributed by atoms with Crippen LogP contribution in [0.2, 0.25) is 0 Å². The lowest BCUT2D eigenvalue weighted by Gasteiger charge is -1.98. The third-order valence-electron chi connectivity index (χ3n) is 3.02. The quantitative estimate of drug-likeness (QED) is 0.266. The van der Waals surface area contributed by atoms with E-state index in [4.69, 9.17) is 0 Å². The summed E-state index contributed by atoms with van der Waals surface area (Å²) < 4.78 is 111. The minimum Gasteiger partial charge on any atom is -1.00 e. The van der Waals surface area contributed by atoms with Crippen LogP contribution in [0, 0.1) is 0 Å². The molecule has 4 N–H and O–H groups in total. The largest absolute Gasteiger partial charge is 1.00 e. The number of primary sulfonamides is 2. The van der Waals surface area contributed by atoms with Gasteiger partial charge in [0, 0.05) is 0 Å². The first-order valence-electron chi connectivity index (χ1n) is 8.35. The van der Waals surface area contributed by atoms with Crippen molar-refractivity contribution in [1.82, 2.24) is 9.13 Å². The summed E-state index contributed by atoms with van der Waals surface area (Å²) >= 11 is 0. The Balaban J connectivity index is -0.000000173. The minimum atomic E-state index is -5.34. The maximum Gasteiger partial charge on any atom is 0.511 e. The molecule has 0 fully saturated rings. The van der Waals surface area contributed by atoms with Crippen molar-refractivity contribution in [2.45, 2.75) is 38.0 Å². The lowest BCUT2D eigenvalue weighted by atomic mass is 10.7. The molecule has 2 rings (SSSR count). The number of hydrogen-bond donors (Lipinski definition) is 2. The maximum atomic E-state index is 10.8. The number of alkyl halides is 6. The summed E-state index contributed by atoms with van der Waals surface area (Å²) in [7, 11) is -6.64. The van der Waals surface area contributed by atoms with Crippen LogP contribution in [-0.4, -0.2) is 37.0 Å². The molecule has 2 aromatic heterocycles. The molecule has 0 amide bonds. The van der Waals surface area contributed by atoms with Crippen molar-refractivity contribution in [2.24, 2.45) is 24.4 Å². The van der Waals surface area contributed by atoms with Crippen LogP contribution >= 0.6 is 0 Å². The first-order valence-corrected chi connectivity index (χ1v) is 11.4. The Morgan fingerprint density at radius 2 is 0.912 bits per heavy atom. The van der Waals surface area contributed by atoms with Gasteiger partial charge in [0.1, 0.15) is 24.8 Å². The van der Waals surface area contributed by atoms with Gasteiger partial charge in [-0.15, -0.1) is 0 Å². The average Bonchev–Trinajstić information content (AvgIpc) is 3.21. The molecule has 0 radical (unpaired) electrons. The van der Waals surface area contributed by atoms with Crippen LogP contribution < -0.4 is 44.2 Å². The highest BCUT2D eigenvalue weighted by Gasteiger charge is 2.43. The third kappa shape index (κ3) is 17.8. The molecule has 0 spiro atoms. The highest BCUT2D eigenvalue weighted by molar-refractivity contribution is 7.90. The van der Waals surface area contributed by atoms with Gasteiger partial charge < -0.3 is 24.8 Å². The van der Waals surface area contributed by atoms with Crippen LogP contribution in [0.15, 0.2) is 37.4 Å². The summed E-state index contributed by atoms with van der Waals surface area (Å²) in [5, 5.41) is 7.32. The smallest absolute Gasteiger partial charge is 0.511 e. The summed E-state index contributed by atoms with van der Waals surface area (Å²) in [5.74, 6) is 0. The predicted octanol–water partition coefficient (Wildman–Crippen LogP) is -5.74. The standard InChI is InChI=1S/2C6H11N2.2CH2F3NO2S.2ClH/c2*1-3-8-5-4-7(2)6-8;2*2-1(3,4)8(5,6)7;;/h2*4-6H,3H2,1-2H3;2*(H2,5,6,7);2*1H/q2*+1;;;;/p-2.